The molecule has 0 aliphatic carbocycles. The summed E-state index contributed by atoms with van der Waals surface area (Å²) in [5, 5.41) is 9.13. The van der Waals surface area contributed by atoms with E-state index < -0.39 is 18.0 Å². The average Bonchev–Trinajstić information content (AvgIpc) is 3.08. The fourth-order valence-corrected chi connectivity index (χ4v) is 2.35. The van der Waals surface area contributed by atoms with Crippen molar-refractivity contribution in [1.82, 2.24) is 20.5 Å². The zero-order valence-electron chi connectivity index (χ0n) is 13.6. The summed E-state index contributed by atoms with van der Waals surface area (Å²) in [6, 6.07) is 9.82. The van der Waals surface area contributed by atoms with Crippen molar-refractivity contribution in [3.8, 4) is 17.0 Å². The highest BCUT2D eigenvalue weighted by Gasteiger charge is 2.32. The van der Waals surface area contributed by atoms with Crippen LogP contribution in [-0.2, 0) is 6.54 Å². The number of hydrogen-bond acceptors (Lipinski definition) is 4. The number of aromatic amines is 2. The van der Waals surface area contributed by atoms with E-state index in [-0.39, 0.29) is 17.7 Å². The summed E-state index contributed by atoms with van der Waals surface area (Å²) in [6.45, 7) is -0.0308. The number of pyridine rings is 1. The van der Waals surface area contributed by atoms with Crippen molar-refractivity contribution in [2.45, 2.75) is 12.9 Å². The van der Waals surface area contributed by atoms with Gasteiger partial charge in [0.1, 0.15) is 5.75 Å². The number of hydrogen-bond donors (Lipinski definition) is 3. The zero-order valence-corrected chi connectivity index (χ0v) is 13.6. The number of benzene rings is 1. The van der Waals surface area contributed by atoms with E-state index in [4.69, 9.17) is 0 Å². The van der Waals surface area contributed by atoms with Crippen LogP contribution in [0.2, 0.25) is 0 Å². The minimum atomic E-state index is -4.91. The summed E-state index contributed by atoms with van der Waals surface area (Å²) in [5.41, 5.74) is 0.611. The molecule has 1 amide bonds. The lowest BCUT2D eigenvalue weighted by Crippen LogP contribution is -2.25. The van der Waals surface area contributed by atoms with Crippen molar-refractivity contribution >= 4 is 5.91 Å². The molecule has 0 aliphatic rings. The van der Waals surface area contributed by atoms with E-state index in [0.717, 1.165) is 6.07 Å². The lowest BCUT2D eigenvalue weighted by molar-refractivity contribution is -0.274. The second kappa shape index (κ2) is 7.36. The molecule has 0 saturated carbocycles. The molecule has 140 valence electrons. The van der Waals surface area contributed by atoms with Gasteiger partial charge in [0.25, 0.3) is 11.5 Å². The number of carbonyl (C=O) groups is 1. The Morgan fingerprint density at radius 2 is 1.96 bits per heavy atom. The predicted molar refractivity (Wildman–Crippen MR) is 88.9 cm³/mol. The molecule has 0 fully saturated rings. The third kappa shape index (κ3) is 4.54. The molecule has 0 atom stereocenters. The number of rotatable bonds is 5. The van der Waals surface area contributed by atoms with Crippen LogP contribution in [0.15, 0.2) is 53.5 Å². The minimum Gasteiger partial charge on any atom is -0.405 e. The number of aromatic nitrogens is 3. The molecule has 27 heavy (non-hydrogen) atoms. The lowest BCUT2D eigenvalue weighted by Gasteiger charge is -2.12. The molecular formula is C17H13F3N4O3. The van der Waals surface area contributed by atoms with Crippen LogP contribution in [0.5, 0.6) is 5.75 Å². The molecule has 2 aromatic heterocycles. The molecule has 10 heteroatoms. The highest BCUT2D eigenvalue weighted by molar-refractivity contribution is 5.96. The van der Waals surface area contributed by atoms with Crippen LogP contribution in [0.3, 0.4) is 0 Å². The summed E-state index contributed by atoms with van der Waals surface area (Å²) < 4.78 is 41.2. The second-order valence-corrected chi connectivity index (χ2v) is 5.42. The second-order valence-electron chi connectivity index (χ2n) is 5.42. The highest BCUT2D eigenvalue weighted by atomic mass is 19.4. The Balaban J connectivity index is 1.71. The molecule has 2 heterocycles. The SMILES string of the molecule is O=C(NCc1cc(-c2ccc[nH]c2=O)n[nH]1)c1ccccc1OC(F)(F)F. The zero-order chi connectivity index (χ0) is 19.4. The van der Waals surface area contributed by atoms with Gasteiger partial charge >= 0.3 is 6.36 Å². The van der Waals surface area contributed by atoms with Crippen molar-refractivity contribution in [3.05, 3.63) is 70.3 Å². The van der Waals surface area contributed by atoms with Crippen LogP contribution in [0.1, 0.15) is 16.1 Å². The topological polar surface area (TPSA) is 99.9 Å². The maximum atomic E-state index is 12.4. The first kappa shape index (κ1) is 18.2. The number of para-hydroxylation sites is 1. The van der Waals surface area contributed by atoms with Gasteiger partial charge < -0.3 is 15.0 Å². The monoisotopic (exact) mass is 378 g/mol. The van der Waals surface area contributed by atoms with Crippen molar-refractivity contribution in [2.75, 3.05) is 0 Å². The fraction of sp³-hybridized carbons (Fsp3) is 0.118. The molecule has 1 aromatic carbocycles. The van der Waals surface area contributed by atoms with Crippen molar-refractivity contribution in [3.63, 3.8) is 0 Å². The van der Waals surface area contributed by atoms with Gasteiger partial charge in [-0.2, -0.15) is 5.10 Å². The summed E-state index contributed by atoms with van der Waals surface area (Å²) in [5.74, 6) is -1.34. The number of nitrogens with zero attached hydrogens (tertiary/aromatic N) is 1. The summed E-state index contributed by atoms with van der Waals surface area (Å²) >= 11 is 0. The van der Waals surface area contributed by atoms with Crippen molar-refractivity contribution < 1.29 is 22.7 Å². The quantitative estimate of drug-likeness (QED) is 0.635. The number of alkyl halides is 3. The lowest BCUT2D eigenvalue weighted by atomic mass is 10.2. The third-order valence-electron chi connectivity index (χ3n) is 3.52. The standard InChI is InChI=1S/C17H13F3N4O3/c18-17(19,20)27-14-6-2-1-4-12(14)16(26)22-9-10-8-13(24-23-10)11-5-3-7-21-15(11)25/h1-8H,9H2,(H,21,25)(H,22,26)(H,23,24). The van der Waals surface area contributed by atoms with Gasteiger partial charge in [-0.25, -0.2) is 0 Å². The maximum absolute atomic E-state index is 12.4. The van der Waals surface area contributed by atoms with E-state index in [1.807, 2.05) is 0 Å². The molecule has 3 aromatic rings. The largest absolute Gasteiger partial charge is 0.573 e. The van der Waals surface area contributed by atoms with Gasteiger partial charge in [0, 0.05) is 6.20 Å². The van der Waals surface area contributed by atoms with Gasteiger partial charge in [0.2, 0.25) is 0 Å². The van der Waals surface area contributed by atoms with Crippen LogP contribution in [0.4, 0.5) is 13.2 Å². The Labute approximate surface area is 150 Å². The third-order valence-corrected chi connectivity index (χ3v) is 3.52. The molecule has 0 unspecified atom stereocenters. The first-order chi connectivity index (χ1) is 12.8. The molecule has 7 nitrogen and oxygen atoms in total. The number of halogens is 3. The first-order valence-corrected chi connectivity index (χ1v) is 7.69. The summed E-state index contributed by atoms with van der Waals surface area (Å²) in [4.78, 5) is 26.5. The maximum Gasteiger partial charge on any atom is 0.573 e. The van der Waals surface area contributed by atoms with E-state index in [1.165, 1.54) is 24.4 Å². The van der Waals surface area contributed by atoms with E-state index in [9.17, 15) is 22.8 Å². The van der Waals surface area contributed by atoms with Gasteiger partial charge in [-0.15, -0.1) is 13.2 Å². The molecule has 3 rings (SSSR count). The molecule has 0 aliphatic heterocycles. The van der Waals surface area contributed by atoms with Crippen LogP contribution >= 0.6 is 0 Å². The van der Waals surface area contributed by atoms with Crippen LogP contribution in [0, 0.1) is 0 Å². The highest BCUT2D eigenvalue weighted by Crippen LogP contribution is 2.26. The van der Waals surface area contributed by atoms with Gasteiger partial charge in [-0.3, -0.25) is 14.7 Å². The predicted octanol–water partition coefficient (Wildman–Crippen LogP) is 2.59. The Bertz CT molecular complexity index is 1010. The van der Waals surface area contributed by atoms with Gasteiger partial charge in [-0.1, -0.05) is 12.1 Å². The minimum absolute atomic E-state index is 0.0308. The van der Waals surface area contributed by atoms with Crippen molar-refractivity contribution in [1.29, 1.82) is 0 Å². The molecule has 0 radical (unpaired) electrons. The van der Waals surface area contributed by atoms with E-state index >= 15 is 0 Å². The number of H-pyrrole nitrogens is 2. The van der Waals surface area contributed by atoms with E-state index in [2.05, 4.69) is 25.2 Å². The normalized spacial score (nSPS) is 11.2. The average molecular weight is 378 g/mol. The summed E-state index contributed by atoms with van der Waals surface area (Å²) in [7, 11) is 0. The fourth-order valence-electron chi connectivity index (χ4n) is 2.35. The van der Waals surface area contributed by atoms with Crippen LogP contribution < -0.4 is 15.6 Å². The van der Waals surface area contributed by atoms with E-state index in [0.29, 0.717) is 17.0 Å². The Morgan fingerprint density at radius 1 is 1.19 bits per heavy atom. The smallest absolute Gasteiger partial charge is 0.405 e. The van der Waals surface area contributed by atoms with Crippen molar-refractivity contribution in [2.24, 2.45) is 0 Å². The molecule has 0 bridgehead atoms. The Morgan fingerprint density at radius 3 is 2.70 bits per heavy atom. The van der Waals surface area contributed by atoms with Gasteiger partial charge in [0.05, 0.1) is 29.1 Å². The Kier molecular flexibility index (Phi) is 4.97. The van der Waals surface area contributed by atoms with Crippen LogP contribution in [-0.4, -0.2) is 27.5 Å². The number of amides is 1. The van der Waals surface area contributed by atoms with Gasteiger partial charge in [0.15, 0.2) is 0 Å². The molecule has 0 spiro atoms. The Hall–Kier alpha value is -3.56. The molecule has 3 N–H and O–H groups in total. The summed E-state index contributed by atoms with van der Waals surface area (Å²) in [6.07, 6.45) is -3.42. The molecule has 0 saturated heterocycles. The number of ether oxygens (including phenoxy) is 1. The van der Waals surface area contributed by atoms with E-state index in [1.54, 1.807) is 18.2 Å². The van der Waals surface area contributed by atoms with Gasteiger partial charge in [-0.05, 0) is 30.3 Å². The number of carbonyl (C=O) groups excluding carboxylic acids is 1. The number of nitrogens with one attached hydrogen (secondary N) is 3. The molecular weight excluding hydrogens is 365 g/mol. The first-order valence-electron chi connectivity index (χ1n) is 7.69. The van der Waals surface area contributed by atoms with Crippen LogP contribution in [0.25, 0.3) is 11.3 Å².